The summed E-state index contributed by atoms with van der Waals surface area (Å²) in [5.74, 6) is -1.46. The van der Waals surface area contributed by atoms with Crippen molar-refractivity contribution >= 4 is 69.5 Å². The monoisotopic (exact) mass is 627 g/mol. The number of nitrogens with one attached hydrogen (secondary N) is 1. The summed E-state index contributed by atoms with van der Waals surface area (Å²) in [5.41, 5.74) is 5.08. The highest BCUT2D eigenvalue weighted by Crippen LogP contribution is 2.44. The Labute approximate surface area is 249 Å². The number of nitrogens with zero attached hydrogens (tertiary/aromatic N) is 3. The third kappa shape index (κ3) is 7.34. The minimum atomic E-state index is -0.930. The molecule has 2 saturated heterocycles. The van der Waals surface area contributed by atoms with E-state index in [0.29, 0.717) is 23.0 Å². The molecular formula is C25H33N5O8S3. The summed E-state index contributed by atoms with van der Waals surface area (Å²) in [6.07, 6.45) is 3.06. The fraction of sp³-hybridized carbons (Fsp3) is 0.600. The van der Waals surface area contributed by atoms with Crippen LogP contribution >= 0.6 is 34.9 Å². The summed E-state index contributed by atoms with van der Waals surface area (Å²) in [4.78, 5) is 62.7. The van der Waals surface area contributed by atoms with Crippen LogP contribution in [0.25, 0.3) is 0 Å². The number of β-lactam (4-membered cyclic amide) rings is 1. The summed E-state index contributed by atoms with van der Waals surface area (Å²) in [7, 11) is 1.29. The SMILES string of the molecule is CO/N=C(\C(=O)NC1C(=O)N2C(C(=O)OCOC(=O)C(C)(C)C)=C(SCC3CCCCO3)CS[C@@H]12)c1csc(N)n1. The lowest BCUT2D eigenvalue weighted by atomic mass is 9.98. The highest BCUT2D eigenvalue weighted by Gasteiger charge is 2.55. The molecule has 0 saturated carbocycles. The van der Waals surface area contributed by atoms with Crippen molar-refractivity contribution < 1.29 is 38.2 Å². The van der Waals surface area contributed by atoms with Gasteiger partial charge in [0, 0.05) is 28.4 Å². The average Bonchev–Trinajstić information content (AvgIpc) is 3.38. The number of aromatic nitrogens is 1. The molecule has 2 unspecified atom stereocenters. The van der Waals surface area contributed by atoms with Gasteiger partial charge in [-0.15, -0.1) is 34.9 Å². The summed E-state index contributed by atoms with van der Waals surface area (Å²) < 4.78 is 16.2. The molecule has 1 aromatic rings. The van der Waals surface area contributed by atoms with Crippen LogP contribution in [0.5, 0.6) is 0 Å². The number of hydrogen-bond donors (Lipinski definition) is 2. The molecule has 224 valence electrons. The highest BCUT2D eigenvalue weighted by atomic mass is 32.2. The lowest BCUT2D eigenvalue weighted by Gasteiger charge is -2.49. The number of thioether (sulfide) groups is 2. The number of anilines is 1. The maximum absolute atomic E-state index is 13.4. The Hall–Kier alpha value is -2.82. The fourth-order valence-corrected chi connectivity index (χ4v) is 7.39. The minimum Gasteiger partial charge on any atom is -0.427 e. The van der Waals surface area contributed by atoms with Gasteiger partial charge in [-0.25, -0.2) is 9.78 Å². The fourth-order valence-electron chi connectivity index (χ4n) is 4.15. The molecule has 0 spiro atoms. The van der Waals surface area contributed by atoms with E-state index in [1.54, 1.807) is 26.2 Å². The van der Waals surface area contributed by atoms with Crippen molar-refractivity contribution in [1.29, 1.82) is 0 Å². The van der Waals surface area contributed by atoms with Crippen LogP contribution in [-0.2, 0) is 38.2 Å². The van der Waals surface area contributed by atoms with E-state index >= 15 is 0 Å². The molecule has 13 nitrogen and oxygen atoms in total. The lowest BCUT2D eigenvalue weighted by Crippen LogP contribution is -2.71. The number of ether oxygens (including phenoxy) is 3. The first kappa shape index (κ1) is 31.1. The number of nitrogen functional groups attached to an aromatic ring is 1. The number of carbonyl (C=O) groups is 4. The second-order valence-electron chi connectivity index (χ2n) is 10.4. The molecule has 1 aromatic heterocycles. The van der Waals surface area contributed by atoms with E-state index < -0.39 is 47.4 Å². The largest absolute Gasteiger partial charge is 0.427 e. The zero-order chi connectivity index (χ0) is 29.7. The van der Waals surface area contributed by atoms with Crippen LogP contribution in [0, 0.1) is 5.41 Å². The summed E-state index contributed by atoms with van der Waals surface area (Å²) in [6.45, 7) is 5.16. The molecule has 41 heavy (non-hydrogen) atoms. The van der Waals surface area contributed by atoms with Gasteiger partial charge in [0.05, 0.1) is 11.5 Å². The predicted molar refractivity (Wildman–Crippen MR) is 155 cm³/mol. The van der Waals surface area contributed by atoms with E-state index in [2.05, 4.69) is 15.5 Å². The quantitative estimate of drug-likeness (QED) is 0.127. The van der Waals surface area contributed by atoms with E-state index in [1.807, 2.05) is 0 Å². The van der Waals surface area contributed by atoms with Gasteiger partial charge in [-0.05, 0) is 40.0 Å². The Balaban J connectivity index is 1.49. The Morgan fingerprint density at radius 1 is 1.29 bits per heavy atom. The summed E-state index contributed by atoms with van der Waals surface area (Å²) in [6, 6.07) is -0.930. The smallest absolute Gasteiger partial charge is 0.358 e. The van der Waals surface area contributed by atoms with E-state index in [0.717, 1.165) is 30.6 Å². The number of thiazole rings is 1. The van der Waals surface area contributed by atoms with Crippen LogP contribution in [0.1, 0.15) is 45.7 Å². The lowest BCUT2D eigenvalue weighted by molar-refractivity contribution is -0.173. The molecule has 0 aromatic carbocycles. The molecule has 0 bridgehead atoms. The number of nitrogens with two attached hydrogens (primary N) is 1. The Kier molecular flexibility index (Phi) is 10.2. The number of amides is 2. The van der Waals surface area contributed by atoms with Crippen molar-refractivity contribution in [1.82, 2.24) is 15.2 Å². The van der Waals surface area contributed by atoms with Gasteiger partial charge in [0.2, 0.25) is 6.79 Å². The zero-order valence-electron chi connectivity index (χ0n) is 23.2. The van der Waals surface area contributed by atoms with Crippen LogP contribution in [0.2, 0.25) is 0 Å². The first-order chi connectivity index (χ1) is 19.5. The van der Waals surface area contributed by atoms with Gasteiger partial charge in [0.15, 0.2) is 10.8 Å². The van der Waals surface area contributed by atoms with Crippen molar-refractivity contribution in [3.8, 4) is 0 Å². The van der Waals surface area contributed by atoms with Crippen LogP contribution < -0.4 is 11.1 Å². The normalized spacial score (nSPS) is 22.9. The van der Waals surface area contributed by atoms with Crippen molar-refractivity contribution in [2.75, 3.05) is 37.7 Å². The predicted octanol–water partition coefficient (Wildman–Crippen LogP) is 2.08. The molecule has 3 N–H and O–H groups in total. The topological polar surface area (TPSA) is 172 Å². The number of oxime groups is 1. The van der Waals surface area contributed by atoms with E-state index in [9.17, 15) is 19.2 Å². The second kappa shape index (κ2) is 13.4. The van der Waals surface area contributed by atoms with E-state index in [1.165, 1.54) is 35.5 Å². The zero-order valence-corrected chi connectivity index (χ0v) is 25.6. The summed E-state index contributed by atoms with van der Waals surface area (Å²) >= 11 is 3.99. The molecule has 4 heterocycles. The van der Waals surface area contributed by atoms with Crippen LogP contribution in [0.3, 0.4) is 0 Å². The van der Waals surface area contributed by atoms with Crippen LogP contribution in [0.4, 0.5) is 5.13 Å². The minimum absolute atomic E-state index is 0.0476. The van der Waals surface area contributed by atoms with Gasteiger partial charge in [-0.2, -0.15) is 0 Å². The number of hydrogen-bond acceptors (Lipinski definition) is 14. The average molecular weight is 628 g/mol. The second-order valence-corrected chi connectivity index (χ2v) is 13.5. The van der Waals surface area contributed by atoms with E-state index in [4.69, 9.17) is 24.8 Å². The number of fused-ring (bicyclic) bond motifs is 1. The highest BCUT2D eigenvalue weighted by molar-refractivity contribution is 8.06. The Bertz CT molecular complexity index is 1240. The maximum Gasteiger partial charge on any atom is 0.358 e. The third-order valence-corrected chi connectivity index (χ3v) is 9.65. The molecule has 0 aliphatic carbocycles. The molecule has 4 rings (SSSR count). The van der Waals surface area contributed by atoms with Gasteiger partial charge in [0.1, 0.15) is 29.9 Å². The van der Waals surface area contributed by atoms with Crippen molar-refractivity contribution in [3.05, 3.63) is 21.7 Å². The van der Waals surface area contributed by atoms with Crippen molar-refractivity contribution in [2.24, 2.45) is 10.6 Å². The van der Waals surface area contributed by atoms with E-state index in [-0.39, 0.29) is 28.3 Å². The number of carbonyl (C=O) groups excluding carboxylic acids is 4. The number of esters is 2. The standard InChI is InChI=1S/C25H33N5O8S3/c1-25(2,3)23(34)38-12-37-22(33)18-15(39-9-13-7-5-6-8-36-13)11-40-21-17(20(32)30(18)21)28-19(31)16(29-35-4)14-10-41-24(26)27-14/h10,13,17,21H,5-9,11-12H2,1-4H3,(H2,26,27)(H,28,31)/b29-16-/t13?,17?,21-/m0/s1. The van der Waals surface area contributed by atoms with Crippen LogP contribution in [0.15, 0.2) is 21.1 Å². The van der Waals surface area contributed by atoms with Gasteiger partial charge in [0.25, 0.3) is 11.8 Å². The first-order valence-corrected chi connectivity index (χ1v) is 15.8. The molecule has 2 fully saturated rings. The molecule has 3 aliphatic rings. The molecule has 3 aliphatic heterocycles. The number of rotatable bonds is 10. The molecular weight excluding hydrogens is 595 g/mol. The van der Waals surface area contributed by atoms with Gasteiger partial charge in [-0.1, -0.05) is 5.16 Å². The first-order valence-electron chi connectivity index (χ1n) is 12.9. The van der Waals surface area contributed by atoms with Crippen molar-refractivity contribution in [3.63, 3.8) is 0 Å². The van der Waals surface area contributed by atoms with Gasteiger partial charge >= 0.3 is 11.9 Å². The van der Waals surface area contributed by atoms with Crippen LogP contribution in [-0.4, -0.2) is 88.9 Å². The molecule has 3 atom stereocenters. The van der Waals surface area contributed by atoms with Gasteiger partial charge in [-0.3, -0.25) is 19.3 Å². The molecule has 16 heteroatoms. The molecule has 2 amide bonds. The van der Waals surface area contributed by atoms with Gasteiger partial charge < -0.3 is 30.1 Å². The maximum atomic E-state index is 13.4. The Morgan fingerprint density at radius 3 is 2.71 bits per heavy atom. The summed E-state index contributed by atoms with van der Waals surface area (Å²) in [5, 5.41) is 7.68. The molecule has 0 radical (unpaired) electrons. The third-order valence-electron chi connectivity index (χ3n) is 6.29. The Morgan fingerprint density at radius 2 is 2.07 bits per heavy atom. The van der Waals surface area contributed by atoms with Crippen molar-refractivity contribution in [2.45, 2.75) is 57.6 Å².